The Morgan fingerprint density at radius 1 is 0.579 bits per heavy atom. The zero-order valence-corrected chi connectivity index (χ0v) is 39.6. The largest absolute Gasteiger partial charge is 0.251 e. The normalized spacial score (nSPS) is 35.1. The topological polar surface area (TPSA) is 25.8 Å². The number of hydrogen-bond donors (Lipinski definition) is 0. The van der Waals surface area contributed by atoms with E-state index in [4.69, 9.17) is 9.97 Å². The summed E-state index contributed by atoms with van der Waals surface area (Å²) < 4.78 is 0. The summed E-state index contributed by atoms with van der Waals surface area (Å²) in [6, 6.07) is 26.9. The monoisotopic (exact) mass is 824 g/mol. The number of fused-ring (bicyclic) bond motifs is 2. The molecule has 6 heteroatoms. The van der Waals surface area contributed by atoms with E-state index in [1.807, 2.05) is 10.8 Å². The fourth-order valence-corrected chi connectivity index (χ4v) is 27.1. The standard InChI is InChI=1S/C51H66N2P2Si2/c1-56(2,3)45-29-42(51(54,46-17-15-35-11-7-9-13-43(35)52-46)47-18-16-36-12-8-10-14-44(36)53-47)41(50(45)57(4,5)6)30-55(48-37-21-31-19-32(23-37)24-38(48)22-31)49-39-25-33-20-34(27-39)28-40(49)26-33/h7-18,29,31-34,37-40,45,48-49H,19-28,30,54H2,1-6H3. The molecular weight excluding hydrogens is 759 g/mol. The molecule has 0 aliphatic heterocycles. The summed E-state index contributed by atoms with van der Waals surface area (Å²) >= 11 is 0. The number of rotatable bonds is 9. The summed E-state index contributed by atoms with van der Waals surface area (Å²) in [5.74, 6) is 8.11. The Kier molecular flexibility index (Phi) is 9.18. The number of hydrogen-bond acceptors (Lipinski definition) is 2. The molecule has 2 heterocycles. The molecule has 8 bridgehead atoms. The van der Waals surface area contributed by atoms with E-state index in [0.717, 1.165) is 81.1 Å². The van der Waals surface area contributed by atoms with Gasteiger partial charge in [-0.25, -0.2) is 0 Å². The Balaban J connectivity index is 1.13. The van der Waals surface area contributed by atoms with Crippen molar-refractivity contribution in [3.05, 3.63) is 107 Å². The molecule has 57 heavy (non-hydrogen) atoms. The molecule has 2 nitrogen and oxygen atoms in total. The first kappa shape index (κ1) is 38.0. The highest BCUT2D eigenvalue weighted by Gasteiger charge is 2.58. The van der Waals surface area contributed by atoms with Crippen molar-refractivity contribution in [2.75, 3.05) is 6.16 Å². The number of aromatic nitrogens is 2. The summed E-state index contributed by atoms with van der Waals surface area (Å²) in [7, 11) is -0.104. The molecule has 2 aromatic heterocycles. The molecule has 9 aliphatic rings. The third kappa shape index (κ3) is 6.33. The Hall–Kier alpha value is -1.97. The molecule has 2 aromatic carbocycles. The Labute approximate surface area is 349 Å². The van der Waals surface area contributed by atoms with Crippen LogP contribution in [0.1, 0.15) is 75.6 Å². The summed E-state index contributed by atoms with van der Waals surface area (Å²) in [5, 5.41) is 3.81. The van der Waals surface area contributed by atoms with Crippen LogP contribution in [0.2, 0.25) is 44.8 Å². The number of para-hydroxylation sites is 2. The molecule has 2 atom stereocenters. The predicted octanol–water partition coefficient (Wildman–Crippen LogP) is 13.9. The molecule has 2 unspecified atom stereocenters. The van der Waals surface area contributed by atoms with E-state index in [-0.39, 0.29) is 7.92 Å². The Morgan fingerprint density at radius 3 is 1.40 bits per heavy atom. The van der Waals surface area contributed by atoms with Crippen molar-refractivity contribution < 1.29 is 0 Å². The molecule has 0 N–H and O–H groups in total. The Bertz CT molecular complexity index is 2120. The van der Waals surface area contributed by atoms with Crippen molar-refractivity contribution in [3.63, 3.8) is 0 Å². The first-order valence-corrected chi connectivity index (χ1v) is 32.4. The number of nitrogens with zero attached hydrogens (tertiary/aromatic N) is 2. The molecule has 0 spiro atoms. The van der Waals surface area contributed by atoms with Crippen molar-refractivity contribution in [3.8, 4) is 0 Å². The van der Waals surface area contributed by atoms with Gasteiger partial charge in [0.05, 0.1) is 43.7 Å². The zero-order valence-electron chi connectivity index (χ0n) is 35.6. The van der Waals surface area contributed by atoms with Gasteiger partial charge < -0.3 is 0 Å². The van der Waals surface area contributed by atoms with Crippen LogP contribution in [0.3, 0.4) is 0 Å². The Morgan fingerprint density at radius 2 is 1.00 bits per heavy atom. The van der Waals surface area contributed by atoms with Gasteiger partial charge in [0.25, 0.3) is 0 Å². The van der Waals surface area contributed by atoms with Crippen LogP contribution in [0.4, 0.5) is 0 Å². The fraction of sp³-hybridized carbons (Fsp3) is 0.569. The quantitative estimate of drug-likeness (QED) is 0.124. The van der Waals surface area contributed by atoms with E-state index >= 15 is 0 Å². The van der Waals surface area contributed by atoms with Gasteiger partial charge in [-0.1, -0.05) is 107 Å². The van der Waals surface area contributed by atoms with Crippen LogP contribution in [0, 0.1) is 47.3 Å². The van der Waals surface area contributed by atoms with Gasteiger partial charge in [0.2, 0.25) is 0 Å². The van der Waals surface area contributed by atoms with Gasteiger partial charge in [-0.3, -0.25) is 9.97 Å². The van der Waals surface area contributed by atoms with Crippen molar-refractivity contribution in [2.24, 2.45) is 47.3 Å². The number of benzene rings is 2. The highest BCUT2D eigenvalue weighted by atomic mass is 31.1. The second-order valence-corrected chi connectivity index (χ2v) is 36.5. The van der Waals surface area contributed by atoms with Crippen LogP contribution in [0.25, 0.3) is 21.8 Å². The minimum absolute atomic E-state index is 0.179. The van der Waals surface area contributed by atoms with Crippen LogP contribution in [-0.4, -0.2) is 43.6 Å². The van der Waals surface area contributed by atoms with E-state index in [2.05, 4.69) is 127 Å². The lowest BCUT2D eigenvalue weighted by molar-refractivity contribution is 0.0131. The highest BCUT2D eigenvalue weighted by molar-refractivity contribution is 7.59. The van der Waals surface area contributed by atoms with E-state index in [9.17, 15) is 0 Å². The molecule has 13 rings (SSSR count). The number of allylic oxidation sites excluding steroid dienone is 4. The fourth-order valence-electron chi connectivity index (χ4n) is 15.3. The molecule has 0 radical (unpaired) electrons. The van der Waals surface area contributed by atoms with Crippen LogP contribution in [-0.2, 0) is 5.16 Å². The highest BCUT2D eigenvalue weighted by Crippen LogP contribution is 2.73. The van der Waals surface area contributed by atoms with E-state index in [0.29, 0.717) is 5.54 Å². The minimum atomic E-state index is -1.78. The van der Waals surface area contributed by atoms with Crippen molar-refractivity contribution in [1.29, 1.82) is 0 Å². The number of pyridine rings is 2. The lowest BCUT2D eigenvalue weighted by atomic mass is 9.55. The lowest BCUT2D eigenvalue weighted by Crippen LogP contribution is -2.53. The molecule has 0 saturated heterocycles. The second-order valence-electron chi connectivity index (χ2n) is 22.7. The van der Waals surface area contributed by atoms with Gasteiger partial charge in [-0.15, -0.1) is 9.24 Å². The third-order valence-corrected chi connectivity index (χ3v) is 26.6. The molecule has 298 valence electrons. The van der Waals surface area contributed by atoms with Crippen molar-refractivity contribution >= 4 is 55.1 Å². The summed E-state index contributed by atoms with van der Waals surface area (Å²) in [6.07, 6.45) is 19.8. The molecule has 4 aromatic rings. The van der Waals surface area contributed by atoms with Crippen LogP contribution in [0.5, 0.6) is 0 Å². The maximum Gasteiger partial charge on any atom is 0.0933 e. The average Bonchev–Trinajstić information content (AvgIpc) is 3.58. The maximum atomic E-state index is 5.64. The molecule has 9 aliphatic carbocycles. The van der Waals surface area contributed by atoms with Gasteiger partial charge in [0.15, 0.2) is 0 Å². The van der Waals surface area contributed by atoms with Crippen molar-refractivity contribution in [2.45, 2.75) is 126 Å². The first-order chi connectivity index (χ1) is 27.3. The van der Waals surface area contributed by atoms with Gasteiger partial charge in [-0.2, -0.15) is 0 Å². The van der Waals surface area contributed by atoms with E-state index in [1.54, 1.807) is 69.8 Å². The lowest BCUT2D eigenvalue weighted by Gasteiger charge is -2.62. The second kappa shape index (κ2) is 13.8. The van der Waals surface area contributed by atoms with Crippen molar-refractivity contribution in [1.82, 2.24) is 9.97 Å². The first-order valence-electron chi connectivity index (χ1n) is 23.0. The molecular formula is C51H66N2P2Si2. The molecule has 8 fully saturated rings. The molecule has 0 amide bonds. The molecule has 8 saturated carbocycles. The summed E-state index contributed by atoms with van der Waals surface area (Å²) in [6.45, 7) is 16.1. The summed E-state index contributed by atoms with van der Waals surface area (Å²) in [5.41, 5.74) is 10.4. The van der Waals surface area contributed by atoms with Gasteiger partial charge in [0, 0.05) is 10.8 Å². The predicted molar refractivity (Wildman–Crippen MR) is 253 cm³/mol. The summed E-state index contributed by atoms with van der Waals surface area (Å²) in [4.78, 5) is 11.3. The smallest absolute Gasteiger partial charge is 0.0933 e. The third-order valence-electron chi connectivity index (χ3n) is 16.9. The van der Waals surface area contributed by atoms with E-state index in [1.165, 1.54) is 16.9 Å². The minimum Gasteiger partial charge on any atom is -0.251 e. The maximum absolute atomic E-state index is 5.64. The zero-order chi connectivity index (χ0) is 39.0. The average molecular weight is 825 g/mol. The van der Waals surface area contributed by atoms with E-state index < -0.39 is 21.3 Å². The van der Waals surface area contributed by atoms with Gasteiger partial charge in [-0.05, 0) is 170 Å². The SMILES string of the molecule is C[Si](C)(C)C1=C(CP(C2C3CC4CC(C3)CC2C4)C2C3CC4CC(C3)CC2C4)C(C(P)(c2ccc3ccccc3n2)c2ccc3ccccc3n2)=CC1[Si](C)(C)C. The van der Waals surface area contributed by atoms with Crippen LogP contribution in [0.15, 0.2) is 95.2 Å². The van der Waals surface area contributed by atoms with Crippen LogP contribution < -0.4 is 0 Å². The van der Waals surface area contributed by atoms with Crippen LogP contribution >= 0.6 is 17.2 Å². The van der Waals surface area contributed by atoms with Gasteiger partial charge in [0.1, 0.15) is 0 Å². The van der Waals surface area contributed by atoms with Gasteiger partial charge >= 0.3 is 0 Å².